The molecule has 0 spiro atoms. The van der Waals surface area contributed by atoms with E-state index >= 15 is 0 Å². The lowest BCUT2D eigenvalue weighted by Crippen LogP contribution is -2.51. The minimum absolute atomic E-state index is 0.0779. The summed E-state index contributed by atoms with van der Waals surface area (Å²) in [7, 11) is 0. The van der Waals surface area contributed by atoms with Crippen molar-refractivity contribution in [3.8, 4) is 0 Å². The zero-order chi connectivity index (χ0) is 26.7. The fourth-order valence-electron chi connectivity index (χ4n) is 4.44. The fourth-order valence-corrected chi connectivity index (χ4v) is 4.44. The number of nitrogens with one attached hydrogen (secondary N) is 1. The number of pyridine rings is 1. The van der Waals surface area contributed by atoms with Gasteiger partial charge in [-0.3, -0.25) is 19.5 Å². The highest BCUT2D eigenvalue weighted by molar-refractivity contribution is 6.02. The average molecular weight is 507 g/mol. The second-order valence-electron chi connectivity index (χ2n) is 9.92. The summed E-state index contributed by atoms with van der Waals surface area (Å²) < 4.78 is 1.57. The van der Waals surface area contributed by atoms with Gasteiger partial charge in [-0.1, -0.05) is 54.6 Å². The maximum Gasteiger partial charge on any atom is 0.249 e. The highest BCUT2D eigenvalue weighted by Crippen LogP contribution is 2.31. The van der Waals surface area contributed by atoms with Crippen LogP contribution in [0.5, 0.6) is 0 Å². The molecule has 0 aliphatic rings. The van der Waals surface area contributed by atoms with Gasteiger partial charge in [0.25, 0.3) is 0 Å². The van der Waals surface area contributed by atoms with Gasteiger partial charge in [0.2, 0.25) is 11.8 Å². The Morgan fingerprint density at radius 3 is 2.50 bits per heavy atom. The molecule has 0 saturated heterocycles. The van der Waals surface area contributed by atoms with Crippen molar-refractivity contribution in [1.82, 2.24) is 25.3 Å². The lowest BCUT2D eigenvalue weighted by molar-refractivity contribution is -0.128. The van der Waals surface area contributed by atoms with Crippen LogP contribution in [0.25, 0.3) is 21.9 Å². The van der Waals surface area contributed by atoms with Crippen molar-refractivity contribution in [3.63, 3.8) is 0 Å². The zero-order valence-electron chi connectivity index (χ0n) is 21.7. The number of benzene rings is 3. The van der Waals surface area contributed by atoms with Gasteiger partial charge in [-0.05, 0) is 68.3 Å². The first-order chi connectivity index (χ1) is 18.4. The van der Waals surface area contributed by atoms with Gasteiger partial charge in [0.15, 0.2) is 0 Å². The summed E-state index contributed by atoms with van der Waals surface area (Å²) in [4.78, 5) is 34.1. The van der Waals surface area contributed by atoms with Gasteiger partial charge in [-0.2, -0.15) is 0 Å². The van der Waals surface area contributed by atoms with Crippen LogP contribution in [-0.4, -0.2) is 37.3 Å². The van der Waals surface area contributed by atoms with E-state index in [9.17, 15) is 9.59 Å². The second-order valence-corrected chi connectivity index (χ2v) is 9.92. The minimum atomic E-state index is -0.921. The van der Waals surface area contributed by atoms with E-state index in [1.807, 2.05) is 106 Å². The van der Waals surface area contributed by atoms with Gasteiger partial charge in [0.1, 0.15) is 18.1 Å². The summed E-state index contributed by atoms with van der Waals surface area (Å²) in [5.41, 5.74) is 3.11. The van der Waals surface area contributed by atoms with Crippen molar-refractivity contribution in [3.05, 3.63) is 96.7 Å². The lowest BCUT2D eigenvalue weighted by Gasteiger charge is -2.34. The largest absolute Gasteiger partial charge is 0.349 e. The first-order valence-corrected chi connectivity index (χ1v) is 12.7. The topological polar surface area (TPSA) is 93.0 Å². The van der Waals surface area contributed by atoms with Crippen LogP contribution in [0, 0.1) is 0 Å². The van der Waals surface area contributed by atoms with Crippen LogP contribution in [0.2, 0.25) is 0 Å². The molecule has 0 aliphatic heterocycles. The summed E-state index contributed by atoms with van der Waals surface area (Å²) in [6, 6.07) is 25.3. The van der Waals surface area contributed by atoms with Crippen LogP contribution in [0.1, 0.15) is 38.8 Å². The van der Waals surface area contributed by atoms with Gasteiger partial charge in [0, 0.05) is 22.8 Å². The molecule has 5 aromatic rings. The number of para-hydroxylation sites is 2. The normalized spacial score (nSPS) is 12.4. The van der Waals surface area contributed by atoms with Gasteiger partial charge in [-0.15, -0.1) is 5.10 Å². The predicted octanol–water partition coefficient (Wildman–Crippen LogP) is 5.06. The molecule has 3 aromatic carbocycles. The monoisotopic (exact) mass is 506 g/mol. The first-order valence-electron chi connectivity index (χ1n) is 12.7. The fraction of sp³-hybridized carbons (Fsp3) is 0.233. The van der Waals surface area contributed by atoms with Crippen LogP contribution in [0.4, 0.5) is 5.69 Å². The van der Waals surface area contributed by atoms with E-state index in [0.717, 1.165) is 22.8 Å². The number of rotatable bonds is 8. The van der Waals surface area contributed by atoms with Crippen molar-refractivity contribution < 1.29 is 9.59 Å². The third-order valence-corrected chi connectivity index (χ3v) is 6.80. The quantitative estimate of drug-likeness (QED) is 0.318. The Hall–Kier alpha value is -4.59. The molecule has 0 aliphatic carbocycles. The molecule has 8 heteroatoms. The molecule has 0 bridgehead atoms. The van der Waals surface area contributed by atoms with Crippen molar-refractivity contribution in [2.45, 2.75) is 45.3 Å². The number of carbonyl (C=O) groups excluding carboxylic acids is 2. The standard InChI is InChI=1S/C30H30N6O2/c1-4-30(2,3)32-29(38)28(22-16-17-24-21(19-22)11-10-18-31-24)36(23-12-6-5-7-13-23)27(37)20-35-26-15-9-8-14-25(26)33-34-35/h5-19,28H,4,20H2,1-3H3,(H,32,38)/t28-/m0/s1. The van der Waals surface area contributed by atoms with Crippen molar-refractivity contribution >= 4 is 39.4 Å². The molecule has 1 atom stereocenters. The van der Waals surface area contributed by atoms with E-state index in [1.165, 1.54) is 0 Å². The Bertz CT molecular complexity index is 1590. The predicted molar refractivity (Wildman–Crippen MR) is 148 cm³/mol. The highest BCUT2D eigenvalue weighted by Gasteiger charge is 2.35. The first kappa shape index (κ1) is 25.1. The summed E-state index contributed by atoms with van der Waals surface area (Å²) in [5, 5.41) is 12.5. The molecule has 2 aromatic heterocycles. The molecule has 0 saturated carbocycles. The molecule has 1 N–H and O–H groups in total. The van der Waals surface area contributed by atoms with Crippen LogP contribution in [0.3, 0.4) is 0 Å². The molecule has 2 heterocycles. The number of anilines is 1. The molecular weight excluding hydrogens is 476 g/mol. The summed E-state index contributed by atoms with van der Waals surface area (Å²) in [5.74, 6) is -0.548. The van der Waals surface area contributed by atoms with Crippen molar-refractivity contribution in [1.29, 1.82) is 0 Å². The van der Waals surface area contributed by atoms with Gasteiger partial charge in [-0.25, -0.2) is 4.68 Å². The van der Waals surface area contributed by atoms with Gasteiger partial charge < -0.3 is 5.32 Å². The second kappa shape index (κ2) is 10.4. The summed E-state index contributed by atoms with van der Waals surface area (Å²) in [6.07, 6.45) is 2.47. The van der Waals surface area contributed by atoms with Crippen LogP contribution >= 0.6 is 0 Å². The zero-order valence-corrected chi connectivity index (χ0v) is 21.7. The van der Waals surface area contributed by atoms with Gasteiger partial charge in [0.05, 0.1) is 11.0 Å². The molecule has 5 rings (SSSR count). The molecule has 0 fully saturated rings. The number of aromatic nitrogens is 4. The molecule has 2 amide bonds. The Labute approximate surface area is 221 Å². The Morgan fingerprint density at radius 1 is 0.947 bits per heavy atom. The van der Waals surface area contributed by atoms with Crippen molar-refractivity contribution in [2.24, 2.45) is 0 Å². The smallest absolute Gasteiger partial charge is 0.249 e. The SMILES string of the molecule is CCC(C)(C)NC(=O)[C@H](c1ccc2ncccc2c1)N(C(=O)Cn1nnc2ccccc21)c1ccccc1. The number of hydrogen-bond donors (Lipinski definition) is 1. The van der Waals surface area contributed by atoms with Gasteiger partial charge >= 0.3 is 0 Å². The molecule has 8 nitrogen and oxygen atoms in total. The highest BCUT2D eigenvalue weighted by atomic mass is 16.2. The van der Waals surface area contributed by atoms with Crippen molar-refractivity contribution in [2.75, 3.05) is 4.90 Å². The van der Waals surface area contributed by atoms with E-state index in [0.29, 0.717) is 16.8 Å². The van der Waals surface area contributed by atoms with E-state index in [4.69, 9.17) is 0 Å². The molecular formula is C30H30N6O2. The van der Waals surface area contributed by atoms with E-state index in [-0.39, 0.29) is 18.4 Å². The number of hydrogen-bond acceptors (Lipinski definition) is 5. The third-order valence-electron chi connectivity index (χ3n) is 6.80. The lowest BCUT2D eigenvalue weighted by atomic mass is 9.97. The van der Waals surface area contributed by atoms with Crippen LogP contribution in [0.15, 0.2) is 91.1 Å². The van der Waals surface area contributed by atoms with Crippen LogP contribution in [-0.2, 0) is 16.1 Å². The Morgan fingerprint density at radius 2 is 1.71 bits per heavy atom. The number of nitrogens with zero attached hydrogens (tertiary/aromatic N) is 5. The number of fused-ring (bicyclic) bond motifs is 2. The summed E-state index contributed by atoms with van der Waals surface area (Å²) in [6.45, 7) is 5.89. The minimum Gasteiger partial charge on any atom is -0.349 e. The van der Waals surface area contributed by atoms with E-state index < -0.39 is 11.6 Å². The molecule has 38 heavy (non-hydrogen) atoms. The number of carbonyl (C=O) groups is 2. The van der Waals surface area contributed by atoms with E-state index in [2.05, 4.69) is 20.6 Å². The number of amides is 2. The maximum atomic E-state index is 14.1. The molecule has 192 valence electrons. The molecule has 0 radical (unpaired) electrons. The Kier molecular flexibility index (Phi) is 6.87. The third kappa shape index (κ3) is 5.11. The molecule has 0 unspecified atom stereocenters. The Balaban J connectivity index is 1.63. The maximum absolute atomic E-state index is 14.1. The average Bonchev–Trinajstić information content (AvgIpc) is 3.34. The summed E-state index contributed by atoms with van der Waals surface area (Å²) >= 11 is 0. The van der Waals surface area contributed by atoms with Crippen LogP contribution < -0.4 is 10.2 Å². The van der Waals surface area contributed by atoms with E-state index in [1.54, 1.807) is 15.8 Å².